The lowest BCUT2D eigenvalue weighted by Crippen LogP contribution is -2.41. The molecule has 0 aromatic carbocycles. The van der Waals surface area contributed by atoms with Crippen LogP contribution in [0, 0.1) is 0 Å². The molecule has 0 atom stereocenters. The van der Waals surface area contributed by atoms with E-state index in [9.17, 15) is 9.59 Å². The van der Waals surface area contributed by atoms with E-state index in [4.69, 9.17) is 9.84 Å². The van der Waals surface area contributed by atoms with Gasteiger partial charge in [0, 0.05) is 18.9 Å². The number of hydrogen-bond acceptors (Lipinski definition) is 3. The van der Waals surface area contributed by atoms with Crippen molar-refractivity contribution < 1.29 is 23.9 Å². The number of ether oxygens (including phenoxy) is 1. The average molecular weight is 286 g/mol. The monoisotopic (exact) mass is 286 g/mol. The van der Waals surface area contributed by atoms with Gasteiger partial charge in [-0.2, -0.15) is 0 Å². The van der Waals surface area contributed by atoms with Crippen molar-refractivity contribution in [3.05, 3.63) is 12.7 Å². The molecule has 0 bridgehead atoms. The van der Waals surface area contributed by atoms with Crippen LogP contribution in [0.3, 0.4) is 0 Å². The second kappa shape index (κ2) is 10.4. The summed E-state index contributed by atoms with van der Waals surface area (Å²) in [5.74, 6) is -1.08. The van der Waals surface area contributed by atoms with Crippen molar-refractivity contribution in [3.8, 4) is 0 Å². The van der Waals surface area contributed by atoms with E-state index in [2.05, 4.69) is 20.7 Å². The van der Waals surface area contributed by atoms with Crippen LogP contribution in [0.25, 0.3) is 0 Å². The van der Waals surface area contributed by atoms with Crippen LogP contribution < -0.4 is 0 Å². The van der Waals surface area contributed by atoms with E-state index in [1.807, 2.05) is 0 Å². The molecule has 0 aliphatic rings. The zero-order chi connectivity index (χ0) is 15.4. The first-order valence-corrected chi connectivity index (χ1v) is 7.20. The minimum Gasteiger partial charge on any atom is -0.481 e. The molecule has 116 valence electrons. The number of carbonyl (C=O) groups excluding carboxylic acids is 1. The third kappa shape index (κ3) is 11.7. The maximum Gasteiger partial charge on any atom is 0.330 e. The van der Waals surface area contributed by atoms with Gasteiger partial charge in [-0.15, -0.1) is 0 Å². The van der Waals surface area contributed by atoms with Gasteiger partial charge in [-0.3, -0.25) is 4.79 Å². The van der Waals surface area contributed by atoms with Gasteiger partial charge >= 0.3 is 11.9 Å². The van der Waals surface area contributed by atoms with Gasteiger partial charge in [0.05, 0.1) is 33.8 Å². The van der Waals surface area contributed by atoms with Crippen molar-refractivity contribution in [2.24, 2.45) is 0 Å². The molecule has 0 saturated heterocycles. The molecular weight excluding hydrogens is 258 g/mol. The Morgan fingerprint density at radius 2 is 1.70 bits per heavy atom. The quantitative estimate of drug-likeness (QED) is 0.258. The number of quaternary nitrogens is 1. The summed E-state index contributed by atoms with van der Waals surface area (Å²) in [5.41, 5.74) is 0. The highest BCUT2D eigenvalue weighted by atomic mass is 16.5. The third-order valence-corrected chi connectivity index (χ3v) is 3.22. The number of aliphatic carboxylic acids is 1. The van der Waals surface area contributed by atoms with Crippen LogP contribution in [0.1, 0.15) is 38.5 Å². The second-order valence-electron chi connectivity index (χ2n) is 5.67. The first-order valence-electron chi connectivity index (χ1n) is 7.20. The Morgan fingerprint density at radius 3 is 2.30 bits per heavy atom. The molecule has 0 heterocycles. The fraction of sp³-hybridized carbons (Fsp3) is 0.733. The van der Waals surface area contributed by atoms with Gasteiger partial charge in [-0.25, -0.2) is 4.79 Å². The van der Waals surface area contributed by atoms with E-state index in [1.165, 1.54) is 6.08 Å². The van der Waals surface area contributed by atoms with Crippen molar-refractivity contribution >= 4 is 11.9 Å². The van der Waals surface area contributed by atoms with Crippen molar-refractivity contribution in [1.82, 2.24) is 0 Å². The molecule has 0 amide bonds. The van der Waals surface area contributed by atoms with Gasteiger partial charge in [0.15, 0.2) is 0 Å². The average Bonchev–Trinajstić information content (AvgIpc) is 2.38. The van der Waals surface area contributed by atoms with Gasteiger partial charge in [-0.05, 0) is 19.3 Å². The highest BCUT2D eigenvalue weighted by Crippen LogP contribution is 2.08. The molecule has 0 rings (SSSR count). The predicted octanol–water partition coefficient (Wildman–Crippen LogP) is 2.22. The maximum absolute atomic E-state index is 10.9. The third-order valence-electron chi connectivity index (χ3n) is 3.22. The Labute approximate surface area is 121 Å². The molecule has 5 heteroatoms. The smallest absolute Gasteiger partial charge is 0.330 e. The fourth-order valence-corrected chi connectivity index (χ4v) is 2.01. The Morgan fingerprint density at radius 1 is 1.10 bits per heavy atom. The number of unbranched alkanes of at least 4 members (excludes halogenated alkanes) is 3. The molecule has 0 aliphatic carbocycles. The number of esters is 1. The van der Waals surface area contributed by atoms with Gasteiger partial charge in [-0.1, -0.05) is 13.0 Å². The largest absolute Gasteiger partial charge is 0.481 e. The standard InChI is InChI=1S/C15H27NO4/c1-4-15(19)20-13-9-12-16(2,3)11-8-6-5-7-10-14(17)18/h4H,1,5-13H2,2-3H3/p+1. The van der Waals surface area contributed by atoms with E-state index in [-0.39, 0.29) is 12.4 Å². The Kier molecular flexibility index (Phi) is 9.72. The fourth-order valence-electron chi connectivity index (χ4n) is 2.01. The highest BCUT2D eigenvalue weighted by molar-refractivity contribution is 5.81. The van der Waals surface area contributed by atoms with Crippen molar-refractivity contribution in [2.75, 3.05) is 33.8 Å². The highest BCUT2D eigenvalue weighted by Gasteiger charge is 2.14. The molecule has 0 aromatic rings. The lowest BCUT2D eigenvalue weighted by Gasteiger charge is -2.29. The van der Waals surface area contributed by atoms with E-state index < -0.39 is 5.97 Å². The summed E-state index contributed by atoms with van der Waals surface area (Å²) in [6.45, 7) is 5.80. The zero-order valence-corrected chi connectivity index (χ0v) is 12.8. The number of carboxylic acids is 1. The summed E-state index contributed by atoms with van der Waals surface area (Å²) in [4.78, 5) is 21.2. The SMILES string of the molecule is C=CC(=O)OCCC[N+](C)(C)CCCCCCC(=O)O. The zero-order valence-electron chi connectivity index (χ0n) is 12.8. The summed E-state index contributed by atoms with van der Waals surface area (Å²) in [5, 5.41) is 8.53. The number of carbonyl (C=O) groups is 2. The summed E-state index contributed by atoms with van der Waals surface area (Å²) in [7, 11) is 4.32. The molecule has 0 unspecified atom stereocenters. The van der Waals surface area contributed by atoms with Crippen LogP contribution in [-0.4, -0.2) is 55.3 Å². The molecular formula is C15H28NO4+. The molecule has 5 nitrogen and oxygen atoms in total. The number of rotatable bonds is 12. The van der Waals surface area contributed by atoms with Crippen LogP contribution in [0.15, 0.2) is 12.7 Å². The summed E-state index contributed by atoms with van der Waals surface area (Å²) in [6.07, 6.45) is 6.19. The molecule has 1 N–H and O–H groups in total. The Hall–Kier alpha value is -1.36. The first kappa shape index (κ1) is 18.6. The van der Waals surface area contributed by atoms with Crippen LogP contribution in [0.2, 0.25) is 0 Å². The Balaban J connectivity index is 3.56. The van der Waals surface area contributed by atoms with Gasteiger partial charge in [0.2, 0.25) is 0 Å². The maximum atomic E-state index is 10.9. The molecule has 0 spiro atoms. The normalized spacial score (nSPS) is 11.1. The number of carboxylic acid groups (broad SMARTS) is 1. The topological polar surface area (TPSA) is 63.6 Å². The van der Waals surface area contributed by atoms with Gasteiger partial charge in [0.25, 0.3) is 0 Å². The van der Waals surface area contributed by atoms with Crippen LogP contribution >= 0.6 is 0 Å². The van der Waals surface area contributed by atoms with E-state index in [1.54, 1.807) is 0 Å². The number of hydrogen-bond donors (Lipinski definition) is 1. The molecule has 0 aromatic heterocycles. The van der Waals surface area contributed by atoms with E-state index in [0.29, 0.717) is 6.61 Å². The van der Waals surface area contributed by atoms with Crippen molar-refractivity contribution in [3.63, 3.8) is 0 Å². The van der Waals surface area contributed by atoms with Crippen molar-refractivity contribution in [1.29, 1.82) is 0 Å². The minimum absolute atomic E-state index is 0.271. The van der Waals surface area contributed by atoms with E-state index in [0.717, 1.165) is 49.7 Å². The number of nitrogens with zero attached hydrogens (tertiary/aromatic N) is 1. The lowest BCUT2D eigenvalue weighted by atomic mass is 10.1. The van der Waals surface area contributed by atoms with Gasteiger partial charge in [0.1, 0.15) is 0 Å². The molecule has 0 aliphatic heterocycles. The van der Waals surface area contributed by atoms with Crippen LogP contribution in [0.4, 0.5) is 0 Å². The molecule has 0 fully saturated rings. The molecule has 0 saturated carbocycles. The lowest BCUT2D eigenvalue weighted by molar-refractivity contribution is -0.890. The van der Waals surface area contributed by atoms with Gasteiger partial charge < -0.3 is 14.3 Å². The molecule has 20 heavy (non-hydrogen) atoms. The summed E-state index contributed by atoms with van der Waals surface area (Å²) < 4.78 is 5.84. The Bertz CT molecular complexity index is 313. The molecule has 0 radical (unpaired) electrons. The van der Waals surface area contributed by atoms with Crippen LogP contribution in [-0.2, 0) is 14.3 Å². The van der Waals surface area contributed by atoms with Crippen LogP contribution in [0.5, 0.6) is 0 Å². The first-order chi connectivity index (χ1) is 9.37. The van der Waals surface area contributed by atoms with E-state index >= 15 is 0 Å². The second-order valence-corrected chi connectivity index (χ2v) is 5.67. The summed E-state index contributed by atoms with van der Waals surface area (Å²) in [6, 6.07) is 0. The van der Waals surface area contributed by atoms with Crippen molar-refractivity contribution in [2.45, 2.75) is 38.5 Å². The predicted molar refractivity (Wildman–Crippen MR) is 78.3 cm³/mol. The minimum atomic E-state index is -0.713. The summed E-state index contributed by atoms with van der Waals surface area (Å²) >= 11 is 0.